The van der Waals surface area contributed by atoms with Crippen LogP contribution in [0, 0.1) is 18.3 Å². The first-order valence-electron chi connectivity index (χ1n) is 8.20. The van der Waals surface area contributed by atoms with Crippen LogP contribution in [0.4, 0.5) is 0 Å². The molecule has 0 bridgehead atoms. The van der Waals surface area contributed by atoms with Crippen molar-refractivity contribution in [1.29, 1.82) is 0 Å². The lowest BCUT2D eigenvalue weighted by molar-refractivity contribution is -0.124. The fourth-order valence-electron chi connectivity index (χ4n) is 3.33. The van der Waals surface area contributed by atoms with Gasteiger partial charge in [0.15, 0.2) is 0 Å². The standard InChI is InChI=1S/C17H26N2O3S/c1-10-14(16(21)22)23-15(19-10)11(2)18-13(20)9-12-7-5-6-8-17(12,3)4/h11-12H,5-9H2,1-4H3,(H,18,20)(H,21,22). The van der Waals surface area contributed by atoms with Crippen LogP contribution >= 0.6 is 11.3 Å². The highest BCUT2D eigenvalue weighted by Crippen LogP contribution is 2.42. The molecule has 1 aliphatic rings. The number of hydrogen-bond acceptors (Lipinski definition) is 4. The minimum atomic E-state index is -0.964. The average molecular weight is 338 g/mol. The Morgan fingerprint density at radius 2 is 2.13 bits per heavy atom. The summed E-state index contributed by atoms with van der Waals surface area (Å²) in [6.45, 7) is 8.03. The van der Waals surface area contributed by atoms with E-state index < -0.39 is 5.97 Å². The van der Waals surface area contributed by atoms with Crippen molar-refractivity contribution in [2.45, 2.75) is 65.8 Å². The molecule has 0 aliphatic heterocycles. The van der Waals surface area contributed by atoms with Crippen LogP contribution in [0.5, 0.6) is 0 Å². The second-order valence-corrected chi connectivity index (χ2v) is 8.23. The van der Waals surface area contributed by atoms with Crippen molar-refractivity contribution in [3.63, 3.8) is 0 Å². The zero-order chi connectivity index (χ0) is 17.2. The zero-order valence-electron chi connectivity index (χ0n) is 14.3. The van der Waals surface area contributed by atoms with Crippen molar-refractivity contribution >= 4 is 23.2 Å². The fraction of sp³-hybridized carbons (Fsp3) is 0.706. The van der Waals surface area contributed by atoms with Gasteiger partial charge < -0.3 is 10.4 Å². The Bertz CT molecular complexity index is 595. The number of nitrogens with one attached hydrogen (secondary N) is 1. The van der Waals surface area contributed by atoms with Gasteiger partial charge in [0.2, 0.25) is 5.91 Å². The minimum Gasteiger partial charge on any atom is -0.477 e. The highest BCUT2D eigenvalue weighted by molar-refractivity contribution is 7.13. The summed E-state index contributed by atoms with van der Waals surface area (Å²) in [4.78, 5) is 28.0. The van der Waals surface area contributed by atoms with Crippen LogP contribution in [0.1, 0.15) is 79.3 Å². The van der Waals surface area contributed by atoms with Gasteiger partial charge >= 0.3 is 5.97 Å². The molecule has 6 heteroatoms. The molecule has 1 aromatic rings. The van der Waals surface area contributed by atoms with Gasteiger partial charge in [-0.3, -0.25) is 4.79 Å². The average Bonchev–Trinajstić information content (AvgIpc) is 2.83. The minimum absolute atomic E-state index is 0.0298. The number of amides is 1. The van der Waals surface area contributed by atoms with E-state index in [2.05, 4.69) is 24.1 Å². The number of carboxylic acids is 1. The van der Waals surface area contributed by atoms with Gasteiger partial charge in [0, 0.05) is 6.42 Å². The third-order valence-corrected chi connectivity index (χ3v) is 6.24. The van der Waals surface area contributed by atoms with Gasteiger partial charge in [0.25, 0.3) is 0 Å². The summed E-state index contributed by atoms with van der Waals surface area (Å²) in [6.07, 6.45) is 5.26. The highest BCUT2D eigenvalue weighted by atomic mass is 32.1. The van der Waals surface area contributed by atoms with E-state index in [9.17, 15) is 9.59 Å². The summed E-state index contributed by atoms with van der Waals surface area (Å²) in [5, 5.41) is 12.7. The molecule has 2 unspecified atom stereocenters. The molecule has 2 N–H and O–H groups in total. The van der Waals surface area contributed by atoms with Crippen molar-refractivity contribution in [2.75, 3.05) is 0 Å². The Labute approximate surface area is 141 Å². The Kier molecular flexibility index (Phi) is 5.45. The third-order valence-electron chi connectivity index (χ3n) is 4.92. The third kappa shape index (κ3) is 4.31. The first kappa shape index (κ1) is 17.9. The van der Waals surface area contributed by atoms with Crippen LogP contribution in [0.3, 0.4) is 0 Å². The van der Waals surface area contributed by atoms with Gasteiger partial charge in [0.05, 0.1) is 11.7 Å². The smallest absolute Gasteiger partial charge is 0.347 e. The van der Waals surface area contributed by atoms with Gasteiger partial charge in [-0.2, -0.15) is 0 Å². The van der Waals surface area contributed by atoms with Crippen LogP contribution in [-0.2, 0) is 4.79 Å². The lowest BCUT2D eigenvalue weighted by Crippen LogP contribution is -2.34. The number of aryl methyl sites for hydroxylation is 1. The summed E-state index contributed by atoms with van der Waals surface area (Å²) in [5.74, 6) is -0.521. The molecular weight excluding hydrogens is 312 g/mol. The van der Waals surface area contributed by atoms with E-state index in [4.69, 9.17) is 5.11 Å². The molecular formula is C17H26N2O3S. The molecule has 5 nitrogen and oxygen atoms in total. The van der Waals surface area contributed by atoms with Gasteiger partial charge in [0.1, 0.15) is 9.88 Å². The van der Waals surface area contributed by atoms with Crippen LogP contribution < -0.4 is 5.32 Å². The molecule has 1 heterocycles. The van der Waals surface area contributed by atoms with E-state index in [1.54, 1.807) is 6.92 Å². The lowest BCUT2D eigenvalue weighted by Gasteiger charge is -2.38. The van der Waals surface area contributed by atoms with E-state index in [1.165, 1.54) is 19.3 Å². The molecule has 0 aromatic carbocycles. The van der Waals surface area contributed by atoms with Crippen LogP contribution in [-0.4, -0.2) is 22.0 Å². The molecule has 0 spiro atoms. The molecule has 1 aromatic heterocycles. The molecule has 1 amide bonds. The first-order chi connectivity index (χ1) is 10.7. The first-order valence-corrected chi connectivity index (χ1v) is 9.02. The summed E-state index contributed by atoms with van der Waals surface area (Å²) in [7, 11) is 0. The summed E-state index contributed by atoms with van der Waals surface area (Å²) < 4.78 is 0. The molecule has 128 valence electrons. The van der Waals surface area contributed by atoms with E-state index in [-0.39, 0.29) is 22.2 Å². The second kappa shape index (κ2) is 6.99. The fourth-order valence-corrected chi connectivity index (χ4v) is 4.24. The number of thiazole rings is 1. The normalized spacial score (nSPS) is 21.7. The van der Waals surface area contributed by atoms with Crippen molar-refractivity contribution in [2.24, 2.45) is 11.3 Å². The molecule has 2 atom stereocenters. The van der Waals surface area contributed by atoms with E-state index >= 15 is 0 Å². The second-order valence-electron chi connectivity index (χ2n) is 7.20. The predicted octanol–water partition coefficient (Wildman–Crippen LogP) is 3.93. The van der Waals surface area contributed by atoms with Gasteiger partial charge in [-0.25, -0.2) is 9.78 Å². The maximum absolute atomic E-state index is 12.4. The number of aromatic carboxylic acids is 1. The Morgan fingerprint density at radius 3 is 2.70 bits per heavy atom. The topological polar surface area (TPSA) is 79.3 Å². The molecule has 1 aliphatic carbocycles. The van der Waals surface area contributed by atoms with Crippen LogP contribution in [0.2, 0.25) is 0 Å². The molecule has 1 fully saturated rings. The number of carboxylic acid groups (broad SMARTS) is 1. The molecule has 1 saturated carbocycles. The van der Waals surface area contributed by atoms with E-state index in [1.807, 2.05) is 6.92 Å². The predicted molar refractivity (Wildman–Crippen MR) is 90.7 cm³/mol. The summed E-state index contributed by atoms with van der Waals surface area (Å²) in [5.41, 5.74) is 0.722. The van der Waals surface area contributed by atoms with Crippen molar-refractivity contribution in [3.8, 4) is 0 Å². The lowest BCUT2D eigenvalue weighted by atomic mass is 9.67. The van der Waals surface area contributed by atoms with E-state index in [0.717, 1.165) is 17.8 Å². The molecule has 0 radical (unpaired) electrons. The number of hydrogen-bond donors (Lipinski definition) is 2. The summed E-state index contributed by atoms with van der Waals surface area (Å²) in [6, 6.07) is -0.258. The van der Waals surface area contributed by atoms with Gasteiger partial charge in [-0.1, -0.05) is 26.7 Å². The maximum atomic E-state index is 12.4. The van der Waals surface area contributed by atoms with Crippen molar-refractivity contribution in [1.82, 2.24) is 10.3 Å². The zero-order valence-corrected chi connectivity index (χ0v) is 15.1. The number of nitrogens with zero attached hydrogens (tertiary/aromatic N) is 1. The molecule has 23 heavy (non-hydrogen) atoms. The van der Waals surface area contributed by atoms with Crippen LogP contribution in [0.15, 0.2) is 0 Å². The largest absolute Gasteiger partial charge is 0.477 e. The number of aromatic nitrogens is 1. The van der Waals surface area contributed by atoms with Crippen LogP contribution in [0.25, 0.3) is 0 Å². The molecule has 2 rings (SSSR count). The maximum Gasteiger partial charge on any atom is 0.347 e. The van der Waals surface area contributed by atoms with Crippen molar-refractivity contribution in [3.05, 3.63) is 15.6 Å². The monoisotopic (exact) mass is 338 g/mol. The van der Waals surface area contributed by atoms with E-state index in [0.29, 0.717) is 23.0 Å². The number of rotatable bonds is 5. The Balaban J connectivity index is 1.97. The number of carbonyl (C=O) groups is 2. The SMILES string of the molecule is Cc1nc(C(C)NC(=O)CC2CCCCC2(C)C)sc1C(=O)O. The molecule has 0 saturated heterocycles. The number of carbonyl (C=O) groups excluding carboxylic acids is 1. The van der Waals surface area contributed by atoms with Gasteiger partial charge in [-0.15, -0.1) is 11.3 Å². The Hall–Kier alpha value is -1.43. The van der Waals surface area contributed by atoms with Crippen molar-refractivity contribution < 1.29 is 14.7 Å². The quantitative estimate of drug-likeness (QED) is 0.852. The van der Waals surface area contributed by atoms with Gasteiger partial charge in [-0.05, 0) is 38.0 Å². The highest BCUT2D eigenvalue weighted by Gasteiger charge is 2.33. The Morgan fingerprint density at radius 1 is 1.43 bits per heavy atom. The summed E-state index contributed by atoms with van der Waals surface area (Å²) >= 11 is 1.14.